The van der Waals surface area contributed by atoms with E-state index in [-0.39, 0.29) is 28.6 Å². The maximum atomic E-state index is 14.0. The summed E-state index contributed by atoms with van der Waals surface area (Å²) in [5.41, 5.74) is 1.57. The van der Waals surface area contributed by atoms with E-state index in [0.717, 1.165) is 9.87 Å². The lowest BCUT2D eigenvalue weighted by atomic mass is 10.1. The highest BCUT2D eigenvalue weighted by Crippen LogP contribution is 2.32. The topological polar surface area (TPSA) is 96.0 Å². The van der Waals surface area contributed by atoms with E-state index in [1.807, 2.05) is 6.92 Å². The van der Waals surface area contributed by atoms with Crippen LogP contribution in [0.25, 0.3) is 0 Å². The number of likely N-dealkylation sites (N-methyl/N-ethyl adjacent to an activating group) is 1. The van der Waals surface area contributed by atoms with E-state index in [1.54, 1.807) is 31.2 Å². The average Bonchev–Trinajstić information content (AvgIpc) is 2.92. The van der Waals surface area contributed by atoms with E-state index >= 15 is 0 Å². The van der Waals surface area contributed by atoms with E-state index in [4.69, 9.17) is 39.5 Å². The largest absolute Gasteiger partial charge is 0.495 e. The molecule has 3 aromatic carbocycles. The Labute approximate surface area is 249 Å². The number of ether oxygens (including phenoxy) is 1. The highest BCUT2D eigenvalue weighted by Gasteiger charge is 2.34. The van der Waals surface area contributed by atoms with Crippen molar-refractivity contribution in [2.75, 3.05) is 25.0 Å². The van der Waals surface area contributed by atoms with Crippen LogP contribution in [0.15, 0.2) is 65.6 Å². The normalized spacial score (nSPS) is 12.0. The summed E-state index contributed by atoms with van der Waals surface area (Å²) in [6.07, 6.45) is 0.274. The molecular formula is C28H30Cl3N3O5S. The molecule has 214 valence electrons. The van der Waals surface area contributed by atoms with Crippen LogP contribution in [0.3, 0.4) is 0 Å². The summed E-state index contributed by atoms with van der Waals surface area (Å²) < 4.78 is 34.0. The summed E-state index contributed by atoms with van der Waals surface area (Å²) in [4.78, 5) is 28.1. The van der Waals surface area contributed by atoms with Crippen LogP contribution in [-0.4, -0.2) is 51.9 Å². The number of carbonyl (C=O) groups is 2. The van der Waals surface area contributed by atoms with Gasteiger partial charge in [0.1, 0.15) is 18.3 Å². The third kappa shape index (κ3) is 7.20. The molecule has 0 saturated heterocycles. The summed E-state index contributed by atoms with van der Waals surface area (Å²) in [7, 11) is -1.33. The number of nitrogens with one attached hydrogen (secondary N) is 1. The lowest BCUT2D eigenvalue weighted by Crippen LogP contribution is -2.51. The number of halogens is 3. The fourth-order valence-corrected chi connectivity index (χ4v) is 6.22. The number of hydrogen-bond donors (Lipinski definition) is 1. The van der Waals surface area contributed by atoms with Crippen LogP contribution in [-0.2, 0) is 26.2 Å². The molecule has 40 heavy (non-hydrogen) atoms. The number of rotatable bonds is 11. The summed E-state index contributed by atoms with van der Waals surface area (Å²) in [5.74, 6) is -0.681. The van der Waals surface area contributed by atoms with Crippen LogP contribution in [0.1, 0.15) is 24.5 Å². The van der Waals surface area contributed by atoms with Gasteiger partial charge in [-0.1, -0.05) is 65.5 Å². The fourth-order valence-electron chi connectivity index (χ4n) is 4.10. The van der Waals surface area contributed by atoms with Gasteiger partial charge in [0.25, 0.3) is 10.0 Å². The monoisotopic (exact) mass is 625 g/mol. The zero-order chi connectivity index (χ0) is 29.6. The molecule has 0 aromatic heterocycles. The predicted molar refractivity (Wildman–Crippen MR) is 159 cm³/mol. The highest BCUT2D eigenvalue weighted by molar-refractivity contribution is 7.92. The van der Waals surface area contributed by atoms with E-state index < -0.39 is 34.4 Å². The average molecular weight is 627 g/mol. The molecule has 2 amide bonds. The first-order chi connectivity index (χ1) is 18.9. The molecule has 12 heteroatoms. The van der Waals surface area contributed by atoms with Gasteiger partial charge in [0.2, 0.25) is 11.8 Å². The van der Waals surface area contributed by atoms with Gasteiger partial charge in [-0.05, 0) is 61.4 Å². The third-order valence-corrected chi connectivity index (χ3v) is 8.97. The molecule has 0 heterocycles. The number of aryl methyl sites for hydroxylation is 1. The van der Waals surface area contributed by atoms with Crippen molar-refractivity contribution in [3.05, 3.63) is 86.9 Å². The number of anilines is 1. The molecule has 1 N–H and O–H groups in total. The Kier molecular flexibility index (Phi) is 10.7. The SMILES string of the molecule is CC[C@@H](C(=O)NC)N(Cc1ccc(Cl)cc1Cl)C(=O)CN(c1ccc(OC)c(Cl)c1)S(=O)(=O)c1ccc(C)cc1. The Hall–Kier alpha value is -2.98. The van der Waals surface area contributed by atoms with Gasteiger partial charge < -0.3 is 15.0 Å². The van der Waals surface area contributed by atoms with Crippen molar-refractivity contribution in [1.82, 2.24) is 10.2 Å². The van der Waals surface area contributed by atoms with E-state index in [2.05, 4.69) is 5.32 Å². The summed E-state index contributed by atoms with van der Waals surface area (Å²) in [6.45, 7) is 2.93. The second kappa shape index (κ2) is 13.6. The van der Waals surface area contributed by atoms with Crippen LogP contribution >= 0.6 is 34.8 Å². The minimum absolute atomic E-state index is 0.0107. The number of amides is 2. The van der Waals surface area contributed by atoms with Gasteiger partial charge >= 0.3 is 0 Å². The quantitative estimate of drug-likeness (QED) is 0.294. The molecule has 0 fully saturated rings. The number of hydrogen-bond acceptors (Lipinski definition) is 5. The fraction of sp³-hybridized carbons (Fsp3) is 0.286. The number of sulfonamides is 1. The minimum atomic E-state index is -4.24. The Balaban J connectivity index is 2.11. The third-order valence-electron chi connectivity index (χ3n) is 6.30. The van der Waals surface area contributed by atoms with Crippen LogP contribution in [0.5, 0.6) is 5.75 Å². The lowest BCUT2D eigenvalue weighted by Gasteiger charge is -2.33. The van der Waals surface area contributed by atoms with Gasteiger partial charge in [-0.3, -0.25) is 13.9 Å². The molecule has 0 unspecified atom stereocenters. The van der Waals surface area contributed by atoms with Gasteiger partial charge in [0.15, 0.2) is 0 Å². The van der Waals surface area contributed by atoms with Gasteiger partial charge in [0, 0.05) is 23.6 Å². The second-order valence-corrected chi connectivity index (χ2v) is 12.1. The first-order valence-corrected chi connectivity index (χ1v) is 14.9. The zero-order valence-electron chi connectivity index (χ0n) is 22.4. The Morgan fingerprint density at radius 3 is 2.20 bits per heavy atom. The number of methoxy groups -OCH3 is 1. The molecule has 0 aliphatic carbocycles. The van der Waals surface area contributed by atoms with Crippen LogP contribution in [0.4, 0.5) is 5.69 Å². The van der Waals surface area contributed by atoms with Crippen LogP contribution in [0.2, 0.25) is 15.1 Å². The molecule has 8 nitrogen and oxygen atoms in total. The van der Waals surface area contributed by atoms with Gasteiger partial charge in [-0.15, -0.1) is 0 Å². The Bertz CT molecular complexity index is 1480. The maximum Gasteiger partial charge on any atom is 0.264 e. The van der Waals surface area contributed by atoms with Gasteiger partial charge in [0.05, 0.1) is 22.7 Å². The molecular weight excluding hydrogens is 597 g/mol. The first kappa shape index (κ1) is 31.5. The summed E-state index contributed by atoms with van der Waals surface area (Å²) in [5, 5.41) is 3.46. The van der Waals surface area contributed by atoms with E-state index in [1.165, 1.54) is 55.5 Å². The van der Waals surface area contributed by atoms with Crippen molar-refractivity contribution in [2.45, 2.75) is 37.8 Å². The molecule has 0 spiro atoms. The van der Waals surface area contributed by atoms with Crippen LogP contribution < -0.4 is 14.4 Å². The predicted octanol–water partition coefficient (Wildman–Crippen LogP) is 5.71. The number of carbonyl (C=O) groups excluding carboxylic acids is 2. The molecule has 0 radical (unpaired) electrons. The van der Waals surface area contributed by atoms with Crippen molar-refractivity contribution in [1.29, 1.82) is 0 Å². The highest BCUT2D eigenvalue weighted by atomic mass is 35.5. The van der Waals surface area contributed by atoms with Crippen molar-refractivity contribution >= 4 is 62.3 Å². The molecule has 3 rings (SSSR count). The van der Waals surface area contributed by atoms with Crippen molar-refractivity contribution in [3.63, 3.8) is 0 Å². The molecule has 0 aliphatic heterocycles. The van der Waals surface area contributed by atoms with Crippen molar-refractivity contribution in [2.24, 2.45) is 0 Å². The van der Waals surface area contributed by atoms with Crippen molar-refractivity contribution in [3.8, 4) is 5.75 Å². The Morgan fingerprint density at radius 2 is 1.65 bits per heavy atom. The smallest absolute Gasteiger partial charge is 0.264 e. The molecule has 0 aliphatic rings. The summed E-state index contributed by atoms with van der Waals surface area (Å²) >= 11 is 18.8. The maximum absolute atomic E-state index is 14.0. The van der Waals surface area contributed by atoms with Gasteiger partial charge in [-0.2, -0.15) is 0 Å². The number of nitrogens with zero attached hydrogens (tertiary/aromatic N) is 2. The van der Waals surface area contributed by atoms with Gasteiger partial charge in [-0.25, -0.2) is 8.42 Å². The molecule has 0 saturated carbocycles. The molecule has 3 aromatic rings. The lowest BCUT2D eigenvalue weighted by molar-refractivity contribution is -0.140. The Morgan fingerprint density at radius 1 is 0.975 bits per heavy atom. The molecule has 1 atom stereocenters. The summed E-state index contributed by atoms with van der Waals surface area (Å²) in [6, 6.07) is 14.6. The number of benzene rings is 3. The molecule has 0 bridgehead atoms. The van der Waals surface area contributed by atoms with Crippen molar-refractivity contribution < 1.29 is 22.7 Å². The zero-order valence-corrected chi connectivity index (χ0v) is 25.5. The standard InChI is InChI=1S/C28H30Cl3N3O5S/c1-5-25(28(36)32-3)33(16-19-8-9-20(29)14-23(19)30)27(35)17-34(21-10-13-26(39-4)24(31)15-21)40(37,38)22-11-6-18(2)7-12-22/h6-15,25H,5,16-17H2,1-4H3,(H,32,36)/t25-/m0/s1. The minimum Gasteiger partial charge on any atom is -0.495 e. The first-order valence-electron chi connectivity index (χ1n) is 12.3. The van der Waals surface area contributed by atoms with Crippen LogP contribution in [0, 0.1) is 6.92 Å². The second-order valence-electron chi connectivity index (χ2n) is 8.94. The van der Waals surface area contributed by atoms with E-state index in [9.17, 15) is 18.0 Å². The van der Waals surface area contributed by atoms with E-state index in [0.29, 0.717) is 21.4 Å².